The van der Waals surface area contributed by atoms with Crippen molar-refractivity contribution in [2.45, 2.75) is 26.1 Å². The van der Waals surface area contributed by atoms with E-state index in [2.05, 4.69) is 22.4 Å². The molecule has 6 heteroatoms. The molecule has 4 nitrogen and oxygen atoms in total. The summed E-state index contributed by atoms with van der Waals surface area (Å²) in [6.45, 7) is 3.11. The molecule has 0 saturated carbocycles. The maximum atomic E-state index is 13.6. The van der Waals surface area contributed by atoms with Crippen molar-refractivity contribution < 1.29 is 8.78 Å². The smallest absolute Gasteiger partial charge is 0.159 e. The van der Waals surface area contributed by atoms with E-state index in [0.717, 1.165) is 28.5 Å². The molecular formula is C24H22F2N4. The molecule has 4 aromatic rings. The topological polar surface area (TPSA) is 42.7 Å². The lowest BCUT2D eigenvalue weighted by atomic mass is 10.1. The van der Waals surface area contributed by atoms with E-state index in [1.54, 1.807) is 18.5 Å². The van der Waals surface area contributed by atoms with E-state index in [-0.39, 0.29) is 6.04 Å². The number of halogens is 2. The summed E-state index contributed by atoms with van der Waals surface area (Å²) in [4.78, 5) is 4.21. The molecule has 0 fully saturated rings. The van der Waals surface area contributed by atoms with E-state index in [4.69, 9.17) is 5.10 Å². The molecule has 0 bridgehead atoms. The highest BCUT2D eigenvalue weighted by molar-refractivity contribution is 5.61. The second-order valence-electron chi connectivity index (χ2n) is 7.20. The van der Waals surface area contributed by atoms with E-state index in [1.807, 2.05) is 48.1 Å². The molecular weight excluding hydrogens is 382 g/mol. The van der Waals surface area contributed by atoms with Gasteiger partial charge in [-0.25, -0.2) is 8.78 Å². The highest BCUT2D eigenvalue weighted by Gasteiger charge is 2.14. The number of hydrogen-bond acceptors (Lipinski definition) is 3. The van der Waals surface area contributed by atoms with Gasteiger partial charge in [0.1, 0.15) is 0 Å². The SMILES string of the molecule is CC(NCc1cn(Cc2ccccc2)nc1-c1cccnc1)c1ccc(F)c(F)c1. The van der Waals surface area contributed by atoms with Crippen molar-refractivity contribution in [1.29, 1.82) is 0 Å². The van der Waals surface area contributed by atoms with Gasteiger partial charge in [-0.1, -0.05) is 36.4 Å². The number of aromatic nitrogens is 3. The average Bonchev–Trinajstić information content (AvgIpc) is 3.18. The van der Waals surface area contributed by atoms with Crippen LogP contribution in [-0.4, -0.2) is 14.8 Å². The van der Waals surface area contributed by atoms with Crippen molar-refractivity contribution in [3.8, 4) is 11.3 Å². The van der Waals surface area contributed by atoms with Gasteiger partial charge in [0, 0.05) is 42.3 Å². The van der Waals surface area contributed by atoms with Gasteiger partial charge in [-0.2, -0.15) is 5.10 Å². The van der Waals surface area contributed by atoms with Crippen LogP contribution in [0.15, 0.2) is 79.3 Å². The van der Waals surface area contributed by atoms with Gasteiger partial charge < -0.3 is 5.32 Å². The Morgan fingerprint density at radius 2 is 1.83 bits per heavy atom. The first-order chi connectivity index (χ1) is 14.6. The Kier molecular flexibility index (Phi) is 5.95. The molecule has 2 aromatic heterocycles. The molecule has 0 amide bonds. The minimum absolute atomic E-state index is 0.153. The second-order valence-corrected chi connectivity index (χ2v) is 7.20. The summed E-state index contributed by atoms with van der Waals surface area (Å²) < 4.78 is 28.7. The fourth-order valence-corrected chi connectivity index (χ4v) is 3.35. The third-order valence-corrected chi connectivity index (χ3v) is 5.00. The highest BCUT2D eigenvalue weighted by atomic mass is 19.2. The van der Waals surface area contributed by atoms with Crippen LogP contribution in [0.4, 0.5) is 8.78 Å². The molecule has 0 radical (unpaired) electrons. The predicted octanol–water partition coefficient (Wildman–Crippen LogP) is 5.12. The monoisotopic (exact) mass is 404 g/mol. The average molecular weight is 404 g/mol. The Hall–Kier alpha value is -3.38. The molecule has 2 heterocycles. The molecule has 0 aliphatic heterocycles. The zero-order chi connectivity index (χ0) is 20.9. The van der Waals surface area contributed by atoms with Crippen LogP contribution in [0.2, 0.25) is 0 Å². The summed E-state index contributed by atoms with van der Waals surface area (Å²) in [5.41, 5.74) is 4.64. The Labute approximate surface area is 174 Å². The third-order valence-electron chi connectivity index (χ3n) is 5.00. The third kappa shape index (κ3) is 4.60. The molecule has 0 aliphatic rings. The van der Waals surface area contributed by atoms with Gasteiger partial charge in [-0.15, -0.1) is 0 Å². The van der Waals surface area contributed by atoms with Crippen LogP contribution in [0, 0.1) is 11.6 Å². The summed E-state index contributed by atoms with van der Waals surface area (Å²) in [7, 11) is 0. The van der Waals surface area contributed by atoms with Crippen molar-refractivity contribution in [1.82, 2.24) is 20.1 Å². The number of nitrogens with zero attached hydrogens (tertiary/aromatic N) is 3. The van der Waals surface area contributed by atoms with Crippen LogP contribution in [0.5, 0.6) is 0 Å². The molecule has 152 valence electrons. The first kappa shape index (κ1) is 19.9. The fraction of sp³-hybridized carbons (Fsp3) is 0.167. The van der Waals surface area contributed by atoms with Gasteiger partial charge in [-0.05, 0) is 42.3 Å². The normalized spacial score (nSPS) is 12.1. The Morgan fingerprint density at radius 3 is 2.57 bits per heavy atom. The number of nitrogens with one attached hydrogen (secondary N) is 1. The maximum Gasteiger partial charge on any atom is 0.159 e. The predicted molar refractivity (Wildman–Crippen MR) is 113 cm³/mol. The van der Waals surface area contributed by atoms with Gasteiger partial charge in [0.15, 0.2) is 11.6 Å². The van der Waals surface area contributed by atoms with Crippen LogP contribution in [0.1, 0.15) is 29.7 Å². The van der Waals surface area contributed by atoms with Gasteiger partial charge in [0.05, 0.1) is 12.2 Å². The zero-order valence-electron chi connectivity index (χ0n) is 16.6. The van der Waals surface area contributed by atoms with Gasteiger partial charge in [0.25, 0.3) is 0 Å². The summed E-state index contributed by atoms with van der Waals surface area (Å²) >= 11 is 0. The van der Waals surface area contributed by atoms with Crippen LogP contribution in [0.25, 0.3) is 11.3 Å². The van der Waals surface area contributed by atoms with Crippen LogP contribution < -0.4 is 5.32 Å². The highest BCUT2D eigenvalue weighted by Crippen LogP contribution is 2.23. The molecule has 4 rings (SSSR count). The van der Waals surface area contributed by atoms with Crippen molar-refractivity contribution in [3.63, 3.8) is 0 Å². The van der Waals surface area contributed by atoms with E-state index in [1.165, 1.54) is 6.07 Å². The van der Waals surface area contributed by atoms with Crippen molar-refractivity contribution in [2.75, 3.05) is 0 Å². The maximum absolute atomic E-state index is 13.6. The zero-order valence-corrected chi connectivity index (χ0v) is 16.6. The summed E-state index contributed by atoms with van der Waals surface area (Å²) in [6, 6.07) is 17.8. The van der Waals surface area contributed by atoms with E-state index < -0.39 is 11.6 Å². The van der Waals surface area contributed by atoms with E-state index >= 15 is 0 Å². The molecule has 0 spiro atoms. The lowest BCUT2D eigenvalue weighted by Gasteiger charge is -2.14. The second kappa shape index (κ2) is 8.97. The van der Waals surface area contributed by atoms with Crippen LogP contribution in [-0.2, 0) is 13.1 Å². The van der Waals surface area contributed by atoms with E-state index in [0.29, 0.717) is 18.7 Å². The Morgan fingerprint density at radius 1 is 1.00 bits per heavy atom. The molecule has 1 unspecified atom stereocenters. The molecule has 2 aromatic carbocycles. The lowest BCUT2D eigenvalue weighted by molar-refractivity contribution is 0.500. The summed E-state index contributed by atoms with van der Waals surface area (Å²) in [6.07, 6.45) is 5.53. The first-order valence-corrected chi connectivity index (χ1v) is 9.79. The van der Waals surface area contributed by atoms with Crippen molar-refractivity contribution >= 4 is 0 Å². The number of hydrogen-bond donors (Lipinski definition) is 1. The minimum Gasteiger partial charge on any atom is -0.306 e. The van der Waals surface area contributed by atoms with Crippen molar-refractivity contribution in [3.05, 3.63) is 108 Å². The number of rotatable bonds is 7. The van der Waals surface area contributed by atoms with Crippen LogP contribution >= 0.6 is 0 Å². The van der Waals surface area contributed by atoms with E-state index in [9.17, 15) is 8.78 Å². The molecule has 1 atom stereocenters. The minimum atomic E-state index is -0.841. The fourth-order valence-electron chi connectivity index (χ4n) is 3.35. The molecule has 0 saturated heterocycles. The quantitative estimate of drug-likeness (QED) is 0.465. The number of pyridine rings is 1. The molecule has 1 N–H and O–H groups in total. The van der Waals surface area contributed by atoms with Gasteiger partial charge in [0.2, 0.25) is 0 Å². The largest absolute Gasteiger partial charge is 0.306 e. The Bertz CT molecular complexity index is 1110. The lowest BCUT2D eigenvalue weighted by Crippen LogP contribution is -2.18. The first-order valence-electron chi connectivity index (χ1n) is 9.79. The van der Waals surface area contributed by atoms with Gasteiger partial charge in [-0.3, -0.25) is 9.67 Å². The summed E-state index contributed by atoms with van der Waals surface area (Å²) in [5.74, 6) is -1.68. The van der Waals surface area contributed by atoms with Gasteiger partial charge >= 0.3 is 0 Å². The van der Waals surface area contributed by atoms with Crippen LogP contribution in [0.3, 0.4) is 0 Å². The van der Waals surface area contributed by atoms with Crippen molar-refractivity contribution in [2.24, 2.45) is 0 Å². The standard InChI is InChI=1S/C24H22F2N4/c1-17(19-9-10-22(25)23(26)12-19)28-14-21-16-30(15-18-6-3-2-4-7-18)29-24(21)20-8-5-11-27-13-20/h2-13,16-17,28H,14-15H2,1H3. The summed E-state index contributed by atoms with van der Waals surface area (Å²) in [5, 5.41) is 8.17. The molecule has 30 heavy (non-hydrogen) atoms. The number of benzene rings is 2. The Balaban J connectivity index is 1.56. The molecule has 0 aliphatic carbocycles.